The number of amides is 2. The van der Waals surface area contributed by atoms with E-state index in [0.29, 0.717) is 4.88 Å². The molecule has 1 atom stereocenters. The number of thiophene rings is 1. The van der Waals surface area contributed by atoms with Crippen molar-refractivity contribution < 1.29 is 9.59 Å². The van der Waals surface area contributed by atoms with Gasteiger partial charge < -0.3 is 10.6 Å². The monoisotopic (exact) mass is 342 g/mol. The van der Waals surface area contributed by atoms with Crippen molar-refractivity contribution in [3.8, 4) is 0 Å². The molecule has 2 amide bonds. The maximum Gasteiger partial charge on any atom is 0.262 e. The van der Waals surface area contributed by atoms with Crippen LogP contribution in [0.25, 0.3) is 0 Å². The quantitative estimate of drug-likeness (QED) is 0.855. The van der Waals surface area contributed by atoms with E-state index in [1.54, 1.807) is 0 Å². The molecule has 1 aromatic heterocycles. The van der Waals surface area contributed by atoms with Crippen molar-refractivity contribution in [2.24, 2.45) is 5.92 Å². The lowest BCUT2D eigenvalue weighted by atomic mass is 10.0. The van der Waals surface area contributed by atoms with Crippen LogP contribution in [0.4, 0.5) is 5.00 Å². The van der Waals surface area contributed by atoms with Crippen molar-refractivity contribution in [3.63, 3.8) is 0 Å². The minimum atomic E-state index is -0.0971. The predicted octanol–water partition coefficient (Wildman–Crippen LogP) is 4.20. The van der Waals surface area contributed by atoms with E-state index in [-0.39, 0.29) is 23.8 Å². The number of benzene rings is 1. The summed E-state index contributed by atoms with van der Waals surface area (Å²) >= 11 is 1.34. The van der Waals surface area contributed by atoms with Gasteiger partial charge in [-0.2, -0.15) is 0 Å². The summed E-state index contributed by atoms with van der Waals surface area (Å²) in [4.78, 5) is 25.1. The van der Waals surface area contributed by atoms with Crippen molar-refractivity contribution >= 4 is 28.2 Å². The molecule has 0 saturated heterocycles. The van der Waals surface area contributed by atoms with Crippen LogP contribution < -0.4 is 10.6 Å². The first-order valence-corrected chi connectivity index (χ1v) is 9.05. The van der Waals surface area contributed by atoms with Crippen molar-refractivity contribution in [3.05, 3.63) is 51.9 Å². The molecule has 1 aliphatic rings. The van der Waals surface area contributed by atoms with Gasteiger partial charge in [-0.05, 0) is 56.4 Å². The molecular weight excluding hydrogens is 320 g/mol. The lowest BCUT2D eigenvalue weighted by molar-refractivity contribution is -0.117. The molecule has 1 saturated carbocycles. The molecule has 0 aliphatic heterocycles. The Morgan fingerprint density at radius 3 is 2.54 bits per heavy atom. The lowest BCUT2D eigenvalue weighted by Crippen LogP contribution is -2.26. The van der Waals surface area contributed by atoms with E-state index in [2.05, 4.69) is 10.6 Å². The maximum atomic E-state index is 12.6. The van der Waals surface area contributed by atoms with Gasteiger partial charge in [0.1, 0.15) is 0 Å². The number of carbonyl (C=O) groups excluding carboxylic acids is 2. The van der Waals surface area contributed by atoms with E-state index in [0.717, 1.165) is 34.5 Å². The average molecular weight is 342 g/mol. The predicted molar refractivity (Wildman–Crippen MR) is 97.5 cm³/mol. The van der Waals surface area contributed by atoms with Crippen LogP contribution in [0.15, 0.2) is 30.3 Å². The van der Waals surface area contributed by atoms with Gasteiger partial charge in [0.15, 0.2) is 0 Å². The van der Waals surface area contributed by atoms with Gasteiger partial charge in [-0.15, -0.1) is 11.3 Å². The van der Waals surface area contributed by atoms with Gasteiger partial charge in [0.2, 0.25) is 5.91 Å². The van der Waals surface area contributed by atoms with E-state index in [9.17, 15) is 9.59 Å². The van der Waals surface area contributed by atoms with Crippen molar-refractivity contribution in [2.75, 3.05) is 5.32 Å². The number of carbonyl (C=O) groups is 2. The topological polar surface area (TPSA) is 58.2 Å². The van der Waals surface area contributed by atoms with E-state index < -0.39 is 0 Å². The van der Waals surface area contributed by atoms with E-state index >= 15 is 0 Å². The molecule has 2 N–H and O–H groups in total. The highest BCUT2D eigenvalue weighted by molar-refractivity contribution is 7.18. The maximum absolute atomic E-state index is 12.6. The first-order chi connectivity index (χ1) is 11.5. The van der Waals surface area contributed by atoms with E-state index in [4.69, 9.17) is 0 Å². The van der Waals surface area contributed by atoms with Crippen LogP contribution in [-0.2, 0) is 4.79 Å². The molecule has 0 bridgehead atoms. The van der Waals surface area contributed by atoms with Gasteiger partial charge in [-0.25, -0.2) is 0 Å². The Bertz CT molecular complexity index is 777. The standard InChI is InChI=1S/C19H22N2O2S/c1-11-6-4-5-7-15(11)13(3)20-19(23)17-12(2)10-16(24-17)21-18(22)14-8-9-14/h4-7,10,13-14H,8-9H2,1-3H3,(H,20,23)(H,21,22)/t13-/m0/s1. The molecule has 3 rings (SSSR count). The number of nitrogens with one attached hydrogen (secondary N) is 2. The molecule has 0 spiro atoms. The first kappa shape index (κ1) is 16.7. The zero-order chi connectivity index (χ0) is 17.3. The fraction of sp³-hybridized carbons (Fsp3) is 0.368. The van der Waals surface area contributed by atoms with Crippen LogP contribution >= 0.6 is 11.3 Å². The van der Waals surface area contributed by atoms with Gasteiger partial charge in [-0.1, -0.05) is 24.3 Å². The molecule has 1 fully saturated rings. The van der Waals surface area contributed by atoms with Crippen LogP contribution in [0, 0.1) is 19.8 Å². The van der Waals surface area contributed by atoms with Crippen molar-refractivity contribution in [1.82, 2.24) is 5.32 Å². The third kappa shape index (κ3) is 3.67. The Labute approximate surface area is 146 Å². The number of rotatable bonds is 5. The number of hydrogen-bond donors (Lipinski definition) is 2. The van der Waals surface area contributed by atoms with Gasteiger partial charge in [0.05, 0.1) is 15.9 Å². The average Bonchev–Trinajstić information content (AvgIpc) is 3.32. The second-order valence-electron chi connectivity index (χ2n) is 6.44. The third-order valence-electron chi connectivity index (χ3n) is 4.32. The summed E-state index contributed by atoms with van der Waals surface area (Å²) in [7, 11) is 0. The molecule has 126 valence electrons. The summed E-state index contributed by atoms with van der Waals surface area (Å²) in [5.74, 6) is 0.127. The minimum absolute atomic E-state index is 0.0651. The third-order valence-corrected chi connectivity index (χ3v) is 5.47. The van der Waals surface area contributed by atoms with Crippen LogP contribution in [0.2, 0.25) is 0 Å². The fourth-order valence-electron chi connectivity index (χ4n) is 2.75. The normalized spacial score (nSPS) is 15.0. The van der Waals surface area contributed by atoms with E-state index in [1.165, 1.54) is 11.3 Å². The van der Waals surface area contributed by atoms with Gasteiger partial charge in [0.25, 0.3) is 5.91 Å². The zero-order valence-corrected chi connectivity index (χ0v) is 15.0. The fourth-order valence-corrected chi connectivity index (χ4v) is 3.73. The van der Waals surface area contributed by atoms with Crippen molar-refractivity contribution in [2.45, 2.75) is 39.7 Å². The first-order valence-electron chi connectivity index (χ1n) is 8.23. The Morgan fingerprint density at radius 1 is 1.17 bits per heavy atom. The Kier molecular flexibility index (Phi) is 4.71. The van der Waals surface area contributed by atoms with Gasteiger partial charge >= 0.3 is 0 Å². The van der Waals surface area contributed by atoms with Crippen LogP contribution in [0.3, 0.4) is 0 Å². The summed E-state index contributed by atoms with van der Waals surface area (Å²) in [5, 5.41) is 6.72. The van der Waals surface area contributed by atoms with Gasteiger partial charge in [0, 0.05) is 5.92 Å². The molecule has 1 aliphatic carbocycles. The summed E-state index contributed by atoms with van der Waals surface area (Å²) in [5.41, 5.74) is 3.16. The molecule has 0 unspecified atom stereocenters. The molecule has 1 heterocycles. The smallest absolute Gasteiger partial charge is 0.262 e. The Balaban J connectivity index is 1.69. The summed E-state index contributed by atoms with van der Waals surface area (Å²) < 4.78 is 0. The molecule has 0 radical (unpaired) electrons. The minimum Gasteiger partial charge on any atom is -0.345 e. The summed E-state index contributed by atoms with van der Waals surface area (Å²) in [6, 6.07) is 9.85. The molecule has 24 heavy (non-hydrogen) atoms. The highest BCUT2D eigenvalue weighted by Gasteiger charge is 2.30. The summed E-state index contributed by atoms with van der Waals surface area (Å²) in [6.07, 6.45) is 1.94. The van der Waals surface area contributed by atoms with Crippen LogP contribution in [-0.4, -0.2) is 11.8 Å². The van der Waals surface area contributed by atoms with E-state index in [1.807, 2.05) is 51.1 Å². The highest BCUT2D eigenvalue weighted by atomic mass is 32.1. The van der Waals surface area contributed by atoms with Crippen LogP contribution in [0.1, 0.15) is 52.2 Å². The molecule has 4 nitrogen and oxygen atoms in total. The number of aryl methyl sites for hydroxylation is 2. The molecule has 5 heteroatoms. The van der Waals surface area contributed by atoms with Crippen molar-refractivity contribution in [1.29, 1.82) is 0 Å². The number of hydrogen-bond acceptors (Lipinski definition) is 3. The second kappa shape index (κ2) is 6.77. The lowest BCUT2D eigenvalue weighted by Gasteiger charge is -2.16. The SMILES string of the molecule is Cc1ccccc1[C@H](C)NC(=O)c1sc(NC(=O)C2CC2)cc1C. The van der Waals surface area contributed by atoms with Gasteiger partial charge in [-0.3, -0.25) is 9.59 Å². The van der Waals surface area contributed by atoms with Crippen LogP contribution in [0.5, 0.6) is 0 Å². The Morgan fingerprint density at radius 2 is 1.88 bits per heavy atom. The number of anilines is 1. The highest BCUT2D eigenvalue weighted by Crippen LogP contribution is 2.33. The zero-order valence-electron chi connectivity index (χ0n) is 14.2. The summed E-state index contributed by atoms with van der Waals surface area (Å²) in [6.45, 7) is 5.93. The largest absolute Gasteiger partial charge is 0.345 e. The molecule has 1 aromatic carbocycles. The molecular formula is C19H22N2O2S. The second-order valence-corrected chi connectivity index (χ2v) is 7.49. The molecule has 2 aromatic rings. The Hall–Kier alpha value is -2.14.